The topological polar surface area (TPSA) is 72.8 Å². The van der Waals surface area contributed by atoms with Crippen molar-refractivity contribution in [3.8, 4) is 0 Å². The lowest BCUT2D eigenvalue weighted by atomic mass is 9.46. The summed E-state index contributed by atoms with van der Waals surface area (Å²) in [5, 5.41) is 10.9. The highest BCUT2D eigenvalue weighted by Gasteiger charge is 2.67. The van der Waals surface area contributed by atoms with Crippen molar-refractivity contribution in [3.05, 3.63) is 12.7 Å². The Balaban J connectivity index is 1.83. The zero-order valence-corrected chi connectivity index (χ0v) is 13.8. The normalized spacial score (nSPS) is 40.7. The van der Waals surface area contributed by atoms with Crippen LogP contribution in [0.3, 0.4) is 0 Å². The summed E-state index contributed by atoms with van der Waals surface area (Å²) in [5.41, 5.74) is -2.38. The Morgan fingerprint density at radius 1 is 1.26 bits per heavy atom. The molecule has 0 saturated heterocycles. The second-order valence-electron chi connectivity index (χ2n) is 7.81. The van der Waals surface area contributed by atoms with Crippen molar-refractivity contribution in [1.29, 1.82) is 0 Å². The zero-order valence-electron chi connectivity index (χ0n) is 13.8. The van der Waals surface area contributed by atoms with Crippen LogP contribution in [0.15, 0.2) is 12.7 Å². The van der Waals surface area contributed by atoms with Gasteiger partial charge in [-0.2, -0.15) is 0 Å². The third-order valence-electron chi connectivity index (χ3n) is 5.64. The van der Waals surface area contributed by atoms with Crippen LogP contribution in [0.2, 0.25) is 0 Å². The van der Waals surface area contributed by atoms with E-state index >= 15 is 0 Å². The fraction of sp³-hybridized carbons (Fsp3) is 0.778. The van der Waals surface area contributed by atoms with Gasteiger partial charge in [-0.25, -0.2) is 4.79 Å². The van der Waals surface area contributed by atoms with Gasteiger partial charge in [-0.3, -0.25) is 4.79 Å². The smallest absolute Gasteiger partial charge is 0.330 e. The van der Waals surface area contributed by atoms with Crippen LogP contribution in [0.5, 0.6) is 0 Å². The van der Waals surface area contributed by atoms with Gasteiger partial charge in [0, 0.05) is 18.9 Å². The molecule has 4 aliphatic rings. The van der Waals surface area contributed by atoms with Crippen molar-refractivity contribution < 1.29 is 24.2 Å². The van der Waals surface area contributed by atoms with E-state index in [1.54, 1.807) is 0 Å². The van der Waals surface area contributed by atoms with Gasteiger partial charge in [-0.15, -0.1) is 0 Å². The van der Waals surface area contributed by atoms with Crippen LogP contribution in [0.4, 0.5) is 0 Å². The Labute approximate surface area is 137 Å². The number of hydrogen-bond donors (Lipinski definition) is 1. The van der Waals surface area contributed by atoms with Crippen molar-refractivity contribution in [2.45, 2.75) is 69.5 Å². The van der Waals surface area contributed by atoms with Crippen LogP contribution in [-0.2, 0) is 19.1 Å². The van der Waals surface area contributed by atoms with E-state index in [-0.39, 0.29) is 11.9 Å². The van der Waals surface area contributed by atoms with Gasteiger partial charge in [0.2, 0.25) is 0 Å². The SMILES string of the molecule is C=CC(=O)OC12CC3CC(O)(C1)CC(C(=O)OCCCC)(C3)C2. The highest BCUT2D eigenvalue weighted by atomic mass is 16.6. The lowest BCUT2D eigenvalue weighted by Gasteiger charge is -2.62. The van der Waals surface area contributed by atoms with Crippen molar-refractivity contribution in [3.63, 3.8) is 0 Å². The van der Waals surface area contributed by atoms with Gasteiger partial charge >= 0.3 is 11.9 Å². The minimum Gasteiger partial charge on any atom is -0.465 e. The Kier molecular flexibility index (Phi) is 4.03. The molecule has 5 heteroatoms. The zero-order chi connectivity index (χ0) is 16.7. The third-order valence-corrected chi connectivity index (χ3v) is 5.64. The molecule has 0 aromatic heterocycles. The summed E-state index contributed by atoms with van der Waals surface area (Å²) in [7, 11) is 0. The van der Waals surface area contributed by atoms with E-state index in [1.807, 2.05) is 6.92 Å². The van der Waals surface area contributed by atoms with Gasteiger partial charge in [0.25, 0.3) is 0 Å². The molecule has 1 N–H and O–H groups in total. The third kappa shape index (κ3) is 2.91. The molecule has 0 heterocycles. The molecule has 5 nitrogen and oxygen atoms in total. The molecule has 4 atom stereocenters. The largest absolute Gasteiger partial charge is 0.465 e. The van der Waals surface area contributed by atoms with E-state index in [0.29, 0.717) is 32.3 Å². The molecule has 4 aliphatic carbocycles. The van der Waals surface area contributed by atoms with E-state index < -0.39 is 22.6 Å². The van der Waals surface area contributed by atoms with Gasteiger partial charge < -0.3 is 14.6 Å². The molecular weight excluding hydrogens is 296 g/mol. The van der Waals surface area contributed by atoms with E-state index in [9.17, 15) is 14.7 Å². The maximum atomic E-state index is 12.7. The number of aliphatic hydroxyl groups is 1. The van der Waals surface area contributed by atoms with Crippen LogP contribution in [0.25, 0.3) is 0 Å². The first kappa shape index (κ1) is 16.5. The number of ether oxygens (including phenoxy) is 2. The highest BCUT2D eigenvalue weighted by molar-refractivity contribution is 5.82. The van der Waals surface area contributed by atoms with Crippen molar-refractivity contribution in [1.82, 2.24) is 0 Å². The number of carbonyl (C=O) groups excluding carboxylic acids is 2. The molecule has 4 fully saturated rings. The molecule has 0 radical (unpaired) electrons. The second-order valence-corrected chi connectivity index (χ2v) is 7.81. The van der Waals surface area contributed by atoms with Crippen molar-refractivity contribution in [2.75, 3.05) is 6.61 Å². The van der Waals surface area contributed by atoms with Gasteiger partial charge in [0.05, 0.1) is 17.6 Å². The number of esters is 2. The van der Waals surface area contributed by atoms with Crippen LogP contribution >= 0.6 is 0 Å². The molecule has 0 aromatic rings. The Bertz CT molecular complexity index is 530. The molecule has 4 unspecified atom stereocenters. The monoisotopic (exact) mass is 322 g/mol. The summed E-state index contributed by atoms with van der Waals surface area (Å²) < 4.78 is 11.1. The van der Waals surface area contributed by atoms with Crippen LogP contribution in [0, 0.1) is 11.3 Å². The van der Waals surface area contributed by atoms with E-state index in [4.69, 9.17) is 9.47 Å². The maximum absolute atomic E-state index is 12.7. The van der Waals surface area contributed by atoms with Crippen molar-refractivity contribution >= 4 is 11.9 Å². The standard InChI is InChI=1S/C18H26O5/c1-3-5-6-22-15(20)16-7-13-8-17(21,10-16)12-18(9-13,11-16)23-14(19)4-2/h4,13,21H,2-3,5-12H2,1H3. The van der Waals surface area contributed by atoms with E-state index in [1.165, 1.54) is 0 Å². The fourth-order valence-electron chi connectivity index (χ4n) is 5.36. The summed E-state index contributed by atoms with van der Waals surface area (Å²) in [6, 6.07) is 0. The van der Waals surface area contributed by atoms with E-state index in [2.05, 4.69) is 6.58 Å². The average molecular weight is 322 g/mol. The first-order chi connectivity index (χ1) is 10.8. The van der Waals surface area contributed by atoms with Crippen LogP contribution in [0.1, 0.15) is 58.3 Å². The summed E-state index contributed by atoms with van der Waals surface area (Å²) in [6.07, 6.45) is 6.39. The highest BCUT2D eigenvalue weighted by Crippen LogP contribution is 2.64. The van der Waals surface area contributed by atoms with Crippen LogP contribution in [-0.4, -0.2) is 34.9 Å². The molecule has 4 saturated carbocycles. The Morgan fingerprint density at radius 3 is 2.70 bits per heavy atom. The van der Waals surface area contributed by atoms with Crippen molar-refractivity contribution in [2.24, 2.45) is 11.3 Å². The first-order valence-electron chi connectivity index (χ1n) is 8.59. The predicted octanol–water partition coefficient (Wildman–Crippen LogP) is 2.51. The molecule has 4 rings (SSSR count). The number of carbonyl (C=O) groups is 2. The molecule has 4 bridgehead atoms. The minimum atomic E-state index is -0.926. The molecule has 23 heavy (non-hydrogen) atoms. The van der Waals surface area contributed by atoms with Gasteiger partial charge in [-0.1, -0.05) is 19.9 Å². The second kappa shape index (κ2) is 5.62. The van der Waals surface area contributed by atoms with Gasteiger partial charge in [0.1, 0.15) is 5.60 Å². The molecule has 0 aliphatic heterocycles. The summed E-state index contributed by atoms with van der Waals surface area (Å²) in [4.78, 5) is 24.5. The number of rotatable bonds is 6. The maximum Gasteiger partial charge on any atom is 0.330 e. The quantitative estimate of drug-likeness (QED) is 0.462. The van der Waals surface area contributed by atoms with Gasteiger partial charge in [-0.05, 0) is 38.0 Å². The average Bonchev–Trinajstić information content (AvgIpc) is 2.44. The lowest BCUT2D eigenvalue weighted by molar-refractivity contribution is -0.245. The molecule has 0 aromatic carbocycles. The summed E-state index contributed by atoms with van der Waals surface area (Å²) in [6.45, 7) is 5.91. The number of unbranched alkanes of at least 4 members (excludes halogenated alkanes) is 1. The van der Waals surface area contributed by atoms with Gasteiger partial charge in [0.15, 0.2) is 0 Å². The molecule has 128 valence electrons. The molecule has 0 amide bonds. The Morgan fingerprint density at radius 2 is 2.04 bits per heavy atom. The first-order valence-corrected chi connectivity index (χ1v) is 8.59. The lowest BCUT2D eigenvalue weighted by Crippen LogP contribution is -2.66. The predicted molar refractivity (Wildman–Crippen MR) is 83.5 cm³/mol. The fourth-order valence-corrected chi connectivity index (χ4v) is 5.36. The Hall–Kier alpha value is -1.36. The summed E-state index contributed by atoms with van der Waals surface area (Å²) >= 11 is 0. The number of hydrogen-bond acceptors (Lipinski definition) is 5. The summed E-state index contributed by atoms with van der Waals surface area (Å²) in [5.74, 6) is -0.509. The molecular formula is C18H26O5. The minimum absolute atomic E-state index is 0.201. The van der Waals surface area contributed by atoms with Crippen LogP contribution < -0.4 is 0 Å². The molecule has 0 spiro atoms. The van der Waals surface area contributed by atoms with E-state index in [0.717, 1.165) is 31.8 Å².